The molecule has 6 N–H and O–H groups in total. The number of rotatable bonds is 9. The number of hydrazine groups is 2. The van der Waals surface area contributed by atoms with Gasteiger partial charge in [-0.25, -0.2) is 9.97 Å². The van der Waals surface area contributed by atoms with E-state index in [1.165, 1.54) is 0 Å². The van der Waals surface area contributed by atoms with Gasteiger partial charge < -0.3 is 19.8 Å². The third-order valence-electron chi connectivity index (χ3n) is 7.34. The highest BCUT2D eigenvalue weighted by Crippen LogP contribution is 2.28. The molecule has 0 aliphatic heterocycles. The van der Waals surface area contributed by atoms with Crippen LogP contribution in [0.5, 0.6) is 0 Å². The van der Waals surface area contributed by atoms with Gasteiger partial charge in [-0.3, -0.25) is 31.3 Å². The number of amides is 2. The highest BCUT2D eigenvalue weighted by atomic mass is 32.1. The van der Waals surface area contributed by atoms with Crippen molar-refractivity contribution in [1.82, 2.24) is 51.4 Å². The standard InChI is InChI=1S/C34H32N10O2S2/c45-29(39-41-33(47)35-19-23-11-3-1-4-12-23)21-43-27-17-9-7-15-25(27)37-31(43)32-38-26-16-8-10-18-28(26)44(32)22-30(46)40-42-34(48)36-20-24-13-5-2-6-14-24/h1-18H,19-22H2,(H,39,45)(H,40,46)(H2,35,41,47)(H2,36,42,48). The molecule has 0 atom stereocenters. The Hall–Kier alpha value is -5.86. The average molecular weight is 677 g/mol. The highest BCUT2D eigenvalue weighted by molar-refractivity contribution is 7.80. The van der Waals surface area contributed by atoms with E-state index < -0.39 is 0 Å². The van der Waals surface area contributed by atoms with Gasteiger partial charge in [0.15, 0.2) is 21.9 Å². The molecule has 0 aliphatic rings. The van der Waals surface area contributed by atoms with E-state index in [-0.39, 0.29) is 35.1 Å². The second-order valence-electron chi connectivity index (χ2n) is 10.7. The fourth-order valence-corrected chi connectivity index (χ4v) is 5.32. The Morgan fingerprint density at radius 1 is 0.521 bits per heavy atom. The summed E-state index contributed by atoms with van der Waals surface area (Å²) >= 11 is 10.7. The summed E-state index contributed by atoms with van der Waals surface area (Å²) in [4.78, 5) is 36.1. The molecule has 14 heteroatoms. The highest BCUT2D eigenvalue weighted by Gasteiger charge is 2.22. The van der Waals surface area contributed by atoms with Crippen molar-refractivity contribution in [2.75, 3.05) is 0 Å². The summed E-state index contributed by atoms with van der Waals surface area (Å²) < 4.78 is 3.53. The number of nitrogens with one attached hydrogen (secondary N) is 6. The van der Waals surface area contributed by atoms with E-state index in [0.29, 0.717) is 35.8 Å². The summed E-state index contributed by atoms with van der Waals surface area (Å²) in [7, 11) is 0. The molecule has 0 saturated carbocycles. The molecule has 0 fully saturated rings. The van der Waals surface area contributed by atoms with Crippen molar-refractivity contribution in [3.05, 3.63) is 120 Å². The fourth-order valence-electron chi connectivity index (χ4n) is 5.08. The summed E-state index contributed by atoms with van der Waals surface area (Å²) in [5, 5.41) is 6.69. The first-order valence-corrected chi connectivity index (χ1v) is 15.9. The van der Waals surface area contributed by atoms with Crippen LogP contribution in [-0.2, 0) is 35.8 Å². The van der Waals surface area contributed by atoms with E-state index in [9.17, 15) is 9.59 Å². The minimum atomic E-state index is -0.357. The van der Waals surface area contributed by atoms with Crippen molar-refractivity contribution in [2.24, 2.45) is 0 Å². The van der Waals surface area contributed by atoms with Gasteiger partial charge in [-0.2, -0.15) is 0 Å². The zero-order valence-corrected chi connectivity index (χ0v) is 27.3. The number of nitrogens with zero attached hydrogens (tertiary/aromatic N) is 4. The molecule has 2 heterocycles. The Morgan fingerprint density at radius 2 is 0.896 bits per heavy atom. The van der Waals surface area contributed by atoms with Crippen LogP contribution in [0.25, 0.3) is 33.7 Å². The van der Waals surface area contributed by atoms with E-state index in [4.69, 9.17) is 34.4 Å². The molecule has 0 radical (unpaired) electrons. The largest absolute Gasteiger partial charge is 0.357 e. The van der Waals surface area contributed by atoms with Crippen LogP contribution in [0.1, 0.15) is 11.1 Å². The second kappa shape index (κ2) is 15.2. The van der Waals surface area contributed by atoms with Crippen LogP contribution in [0.4, 0.5) is 0 Å². The van der Waals surface area contributed by atoms with Gasteiger partial charge in [-0.1, -0.05) is 84.9 Å². The molecule has 0 unspecified atom stereocenters. The van der Waals surface area contributed by atoms with Crippen molar-refractivity contribution in [3.63, 3.8) is 0 Å². The quantitative estimate of drug-likeness (QED) is 0.0997. The summed E-state index contributed by atoms with van der Waals surface area (Å²) in [5.41, 5.74) is 15.8. The lowest BCUT2D eigenvalue weighted by molar-refractivity contribution is -0.123. The molecular weight excluding hydrogens is 645 g/mol. The first-order chi connectivity index (χ1) is 23.4. The topological polar surface area (TPSA) is 142 Å². The lowest BCUT2D eigenvalue weighted by Gasteiger charge is -2.15. The van der Waals surface area contributed by atoms with Crippen LogP contribution in [-0.4, -0.2) is 41.1 Å². The van der Waals surface area contributed by atoms with Crippen LogP contribution in [0.2, 0.25) is 0 Å². The van der Waals surface area contributed by atoms with E-state index in [1.807, 2.05) is 109 Å². The monoisotopic (exact) mass is 676 g/mol. The first-order valence-electron chi connectivity index (χ1n) is 15.1. The van der Waals surface area contributed by atoms with Crippen molar-refractivity contribution in [1.29, 1.82) is 0 Å². The van der Waals surface area contributed by atoms with Crippen LogP contribution in [0.15, 0.2) is 109 Å². The number of carbonyl (C=O) groups excluding carboxylic acids is 2. The minimum Gasteiger partial charge on any atom is -0.357 e. The van der Waals surface area contributed by atoms with Gasteiger partial charge in [0, 0.05) is 13.1 Å². The molecule has 0 saturated heterocycles. The number of benzene rings is 4. The van der Waals surface area contributed by atoms with E-state index >= 15 is 0 Å². The normalized spacial score (nSPS) is 10.8. The maximum Gasteiger partial charge on any atom is 0.258 e. The van der Waals surface area contributed by atoms with Gasteiger partial charge in [0.1, 0.15) is 13.1 Å². The molecule has 4 aromatic carbocycles. The maximum absolute atomic E-state index is 13.2. The Morgan fingerprint density at radius 3 is 1.31 bits per heavy atom. The number of para-hydroxylation sites is 4. The molecule has 0 spiro atoms. The molecule has 0 bridgehead atoms. The van der Waals surface area contributed by atoms with Crippen molar-refractivity contribution in [3.8, 4) is 11.6 Å². The molecule has 48 heavy (non-hydrogen) atoms. The van der Waals surface area contributed by atoms with Gasteiger partial charge in [0.2, 0.25) is 0 Å². The Balaban J connectivity index is 1.17. The molecule has 6 aromatic rings. The van der Waals surface area contributed by atoms with E-state index in [0.717, 1.165) is 22.2 Å². The smallest absolute Gasteiger partial charge is 0.258 e. The molecular formula is C34H32N10O2S2. The van der Waals surface area contributed by atoms with Gasteiger partial charge in [-0.15, -0.1) is 0 Å². The van der Waals surface area contributed by atoms with Gasteiger partial charge in [0.05, 0.1) is 22.1 Å². The van der Waals surface area contributed by atoms with Crippen LogP contribution in [0, 0.1) is 0 Å². The van der Waals surface area contributed by atoms with Crippen molar-refractivity contribution in [2.45, 2.75) is 26.2 Å². The van der Waals surface area contributed by atoms with Gasteiger partial charge >= 0.3 is 0 Å². The number of carbonyl (C=O) groups is 2. The third kappa shape index (κ3) is 7.92. The van der Waals surface area contributed by atoms with Gasteiger partial charge in [-0.05, 0) is 59.8 Å². The zero-order chi connectivity index (χ0) is 33.3. The van der Waals surface area contributed by atoms with E-state index in [1.54, 1.807) is 9.13 Å². The Labute approximate surface area is 286 Å². The van der Waals surface area contributed by atoms with Gasteiger partial charge in [0.25, 0.3) is 11.8 Å². The Kier molecular flexibility index (Phi) is 10.1. The summed E-state index contributed by atoms with van der Waals surface area (Å²) in [6, 6.07) is 34.6. The summed E-state index contributed by atoms with van der Waals surface area (Å²) in [5.74, 6) is 0.134. The zero-order valence-electron chi connectivity index (χ0n) is 25.6. The first kappa shape index (κ1) is 32.1. The molecule has 0 aliphatic carbocycles. The van der Waals surface area contributed by atoms with Crippen LogP contribution in [0.3, 0.4) is 0 Å². The third-order valence-corrected chi connectivity index (χ3v) is 7.83. The Bertz CT molecular complexity index is 1930. The second-order valence-corrected chi connectivity index (χ2v) is 11.5. The summed E-state index contributed by atoms with van der Waals surface area (Å²) in [6.45, 7) is 0.827. The lowest BCUT2D eigenvalue weighted by atomic mass is 10.2. The minimum absolute atomic E-state index is 0.0948. The van der Waals surface area contributed by atoms with Crippen molar-refractivity contribution < 1.29 is 9.59 Å². The number of hydrogen-bond donors (Lipinski definition) is 6. The predicted molar refractivity (Wildman–Crippen MR) is 193 cm³/mol. The van der Waals surface area contributed by atoms with Crippen LogP contribution >= 0.6 is 24.4 Å². The fraction of sp³-hybridized carbons (Fsp3) is 0.118. The number of hydrogen-bond acceptors (Lipinski definition) is 6. The average Bonchev–Trinajstić information content (AvgIpc) is 3.66. The number of aromatic nitrogens is 4. The molecule has 2 aromatic heterocycles. The van der Waals surface area contributed by atoms with E-state index in [2.05, 4.69) is 32.3 Å². The SMILES string of the molecule is O=C(Cn1c(-c2nc3ccccc3n2CC(=O)NNC(=S)NCc2ccccc2)nc2ccccc21)NNC(=S)NCc1ccccc1. The molecule has 242 valence electrons. The lowest BCUT2D eigenvalue weighted by Crippen LogP contribution is -2.47. The number of thiocarbonyl (C=S) groups is 2. The summed E-state index contributed by atoms with van der Waals surface area (Å²) in [6.07, 6.45) is 0. The number of fused-ring (bicyclic) bond motifs is 2. The van der Waals surface area contributed by atoms with Crippen LogP contribution < -0.4 is 32.3 Å². The molecule has 12 nitrogen and oxygen atoms in total. The molecule has 6 rings (SSSR count). The molecule has 2 amide bonds. The number of imidazole rings is 2. The van der Waals surface area contributed by atoms with Crippen molar-refractivity contribution >= 4 is 68.5 Å². The maximum atomic E-state index is 13.2. The predicted octanol–water partition coefficient (Wildman–Crippen LogP) is 3.44.